The Morgan fingerprint density at radius 2 is 1.79 bits per heavy atom. The Morgan fingerprint density at radius 1 is 1.03 bits per heavy atom. The first-order valence-corrected chi connectivity index (χ1v) is 12.1. The topological polar surface area (TPSA) is 61.4 Å². The summed E-state index contributed by atoms with van der Waals surface area (Å²) in [6, 6.07) is 21.4. The molecule has 33 heavy (non-hydrogen) atoms. The molecule has 0 saturated heterocycles. The second-order valence-corrected chi connectivity index (χ2v) is 9.55. The van der Waals surface area contributed by atoms with Crippen LogP contribution in [-0.2, 0) is 17.8 Å². The number of benzene rings is 3. The minimum atomic E-state index is -0.184. The minimum Gasteiger partial charge on any atom is -0.351 e. The van der Waals surface area contributed by atoms with Crippen LogP contribution < -0.4 is 10.6 Å². The second kappa shape index (κ2) is 10.9. The monoisotopic (exact) mass is 479 g/mol. The summed E-state index contributed by atoms with van der Waals surface area (Å²) in [5, 5.41) is 6.52. The van der Waals surface area contributed by atoms with Crippen LogP contribution in [0.25, 0.3) is 0 Å². The van der Waals surface area contributed by atoms with Gasteiger partial charge in [0.2, 0.25) is 5.91 Å². The highest BCUT2D eigenvalue weighted by Crippen LogP contribution is 2.34. The third-order valence-electron chi connectivity index (χ3n) is 5.52. The van der Waals surface area contributed by atoms with E-state index in [9.17, 15) is 9.59 Å². The lowest BCUT2D eigenvalue weighted by molar-refractivity contribution is -0.114. The van der Waals surface area contributed by atoms with Gasteiger partial charge in [0.05, 0.1) is 5.69 Å². The van der Waals surface area contributed by atoms with Crippen molar-refractivity contribution < 1.29 is 9.59 Å². The standard InChI is InChI=1S/C26H26ClN3O2S/c1-18(31)29-24-16-20(6-11-25(24)33-23-9-7-22(27)8-10-23)26(32)28-13-15-30-14-12-19-4-2-3-5-21(19)17-30/h2-11,16H,12-15,17H2,1H3,(H,28,32)(H,29,31). The van der Waals surface area contributed by atoms with Crippen LogP contribution in [0.5, 0.6) is 0 Å². The Kier molecular flexibility index (Phi) is 7.70. The van der Waals surface area contributed by atoms with E-state index in [0.717, 1.165) is 35.8 Å². The molecule has 2 N–H and O–H groups in total. The predicted octanol–water partition coefficient (Wildman–Crippen LogP) is 5.24. The molecular formula is C26H26ClN3O2S. The number of carbonyl (C=O) groups excluding carboxylic acids is 2. The molecule has 3 aromatic rings. The van der Waals surface area contributed by atoms with Crippen molar-refractivity contribution in [3.05, 3.63) is 88.4 Å². The van der Waals surface area contributed by atoms with E-state index >= 15 is 0 Å². The van der Waals surface area contributed by atoms with E-state index in [0.29, 0.717) is 22.8 Å². The van der Waals surface area contributed by atoms with Gasteiger partial charge in [-0.2, -0.15) is 0 Å². The number of hydrogen-bond donors (Lipinski definition) is 2. The number of anilines is 1. The molecule has 0 spiro atoms. The Bertz CT molecular complexity index is 1150. The fraction of sp³-hybridized carbons (Fsp3) is 0.231. The van der Waals surface area contributed by atoms with Crippen molar-refractivity contribution in [3.8, 4) is 0 Å². The van der Waals surface area contributed by atoms with Gasteiger partial charge in [-0.15, -0.1) is 0 Å². The first-order valence-electron chi connectivity index (χ1n) is 10.9. The average molecular weight is 480 g/mol. The predicted molar refractivity (Wildman–Crippen MR) is 134 cm³/mol. The largest absolute Gasteiger partial charge is 0.351 e. The summed E-state index contributed by atoms with van der Waals surface area (Å²) in [4.78, 5) is 28.7. The lowest BCUT2D eigenvalue weighted by Gasteiger charge is -2.28. The van der Waals surface area contributed by atoms with Gasteiger partial charge in [0.25, 0.3) is 5.91 Å². The molecule has 1 aliphatic rings. The molecule has 0 saturated carbocycles. The van der Waals surface area contributed by atoms with Crippen molar-refractivity contribution in [3.63, 3.8) is 0 Å². The number of hydrogen-bond acceptors (Lipinski definition) is 4. The third-order valence-corrected chi connectivity index (χ3v) is 6.85. The lowest BCUT2D eigenvalue weighted by atomic mass is 10.00. The van der Waals surface area contributed by atoms with Gasteiger partial charge >= 0.3 is 0 Å². The summed E-state index contributed by atoms with van der Waals surface area (Å²) in [6.07, 6.45) is 1.04. The molecule has 0 aromatic heterocycles. The molecule has 0 radical (unpaired) electrons. The molecule has 1 heterocycles. The van der Waals surface area contributed by atoms with Gasteiger partial charge in [0.15, 0.2) is 0 Å². The zero-order valence-corrected chi connectivity index (χ0v) is 20.0. The highest BCUT2D eigenvalue weighted by molar-refractivity contribution is 7.99. The van der Waals surface area contributed by atoms with Crippen molar-refractivity contribution in [2.45, 2.75) is 29.7 Å². The molecule has 4 rings (SSSR count). The number of halogens is 1. The summed E-state index contributed by atoms with van der Waals surface area (Å²) >= 11 is 7.47. The van der Waals surface area contributed by atoms with Gasteiger partial charge in [-0.3, -0.25) is 14.5 Å². The minimum absolute atomic E-state index is 0.151. The van der Waals surface area contributed by atoms with Crippen LogP contribution in [0.2, 0.25) is 5.02 Å². The molecule has 1 aliphatic heterocycles. The maximum absolute atomic E-state index is 12.8. The summed E-state index contributed by atoms with van der Waals surface area (Å²) in [5.74, 6) is -0.335. The van der Waals surface area contributed by atoms with Crippen molar-refractivity contribution in [2.24, 2.45) is 0 Å². The lowest BCUT2D eigenvalue weighted by Crippen LogP contribution is -2.37. The Hall–Kier alpha value is -2.80. The van der Waals surface area contributed by atoms with E-state index in [-0.39, 0.29) is 11.8 Å². The Balaban J connectivity index is 1.37. The molecule has 0 unspecified atom stereocenters. The molecule has 2 amide bonds. The van der Waals surface area contributed by atoms with E-state index in [4.69, 9.17) is 11.6 Å². The van der Waals surface area contributed by atoms with E-state index in [1.54, 1.807) is 12.1 Å². The van der Waals surface area contributed by atoms with Crippen LogP contribution in [-0.4, -0.2) is 36.3 Å². The van der Waals surface area contributed by atoms with Crippen molar-refractivity contribution in [1.29, 1.82) is 0 Å². The maximum Gasteiger partial charge on any atom is 0.251 e. The smallest absolute Gasteiger partial charge is 0.251 e. The summed E-state index contributed by atoms with van der Waals surface area (Å²) in [5.41, 5.74) is 3.91. The molecule has 0 bridgehead atoms. The highest BCUT2D eigenvalue weighted by atomic mass is 35.5. The molecule has 7 heteroatoms. The Morgan fingerprint density at radius 3 is 2.55 bits per heavy atom. The van der Waals surface area contributed by atoms with Gasteiger partial charge in [0.1, 0.15) is 0 Å². The fourth-order valence-electron chi connectivity index (χ4n) is 3.85. The SMILES string of the molecule is CC(=O)Nc1cc(C(=O)NCCN2CCc3ccccc3C2)ccc1Sc1ccc(Cl)cc1. The summed E-state index contributed by atoms with van der Waals surface area (Å²) in [7, 11) is 0. The number of fused-ring (bicyclic) bond motifs is 1. The summed E-state index contributed by atoms with van der Waals surface area (Å²) < 4.78 is 0. The zero-order valence-electron chi connectivity index (χ0n) is 18.4. The van der Waals surface area contributed by atoms with E-state index in [2.05, 4.69) is 39.8 Å². The van der Waals surface area contributed by atoms with Crippen LogP contribution in [0.15, 0.2) is 76.5 Å². The number of nitrogens with zero attached hydrogens (tertiary/aromatic N) is 1. The third kappa shape index (κ3) is 6.38. The normalized spacial score (nSPS) is 13.3. The van der Waals surface area contributed by atoms with Gasteiger partial charge < -0.3 is 10.6 Å². The van der Waals surface area contributed by atoms with E-state index in [1.165, 1.54) is 29.8 Å². The van der Waals surface area contributed by atoms with Crippen LogP contribution in [0, 0.1) is 0 Å². The first kappa shape index (κ1) is 23.4. The number of amides is 2. The van der Waals surface area contributed by atoms with Crippen molar-refractivity contribution in [1.82, 2.24) is 10.2 Å². The molecule has 170 valence electrons. The van der Waals surface area contributed by atoms with Gasteiger partial charge in [-0.1, -0.05) is 47.6 Å². The van der Waals surface area contributed by atoms with Gasteiger partial charge in [0, 0.05) is 53.5 Å². The molecule has 3 aromatic carbocycles. The van der Waals surface area contributed by atoms with E-state index in [1.807, 2.05) is 30.3 Å². The molecule has 5 nitrogen and oxygen atoms in total. The van der Waals surface area contributed by atoms with Crippen molar-refractivity contribution >= 4 is 40.9 Å². The number of carbonyl (C=O) groups is 2. The van der Waals surface area contributed by atoms with Crippen LogP contribution in [0.1, 0.15) is 28.4 Å². The first-order chi connectivity index (χ1) is 16.0. The van der Waals surface area contributed by atoms with Crippen LogP contribution in [0.4, 0.5) is 5.69 Å². The van der Waals surface area contributed by atoms with Gasteiger partial charge in [-0.25, -0.2) is 0 Å². The number of rotatable bonds is 7. The Labute approximate surface area is 203 Å². The average Bonchev–Trinajstić information content (AvgIpc) is 2.81. The van der Waals surface area contributed by atoms with E-state index < -0.39 is 0 Å². The quantitative estimate of drug-likeness (QED) is 0.486. The van der Waals surface area contributed by atoms with Crippen molar-refractivity contribution in [2.75, 3.05) is 25.0 Å². The van der Waals surface area contributed by atoms with Gasteiger partial charge in [-0.05, 0) is 60.0 Å². The fourth-order valence-corrected chi connectivity index (χ4v) is 4.86. The van der Waals surface area contributed by atoms with Crippen LogP contribution in [0.3, 0.4) is 0 Å². The van der Waals surface area contributed by atoms with Crippen LogP contribution >= 0.6 is 23.4 Å². The number of nitrogens with one attached hydrogen (secondary N) is 2. The summed E-state index contributed by atoms with van der Waals surface area (Å²) in [6.45, 7) is 4.73. The second-order valence-electron chi connectivity index (χ2n) is 8.00. The molecule has 0 aliphatic carbocycles. The highest BCUT2D eigenvalue weighted by Gasteiger charge is 2.16. The molecular weight excluding hydrogens is 454 g/mol. The maximum atomic E-state index is 12.8. The molecule has 0 fully saturated rings. The zero-order chi connectivity index (χ0) is 23.2. The molecule has 0 atom stereocenters.